The summed E-state index contributed by atoms with van der Waals surface area (Å²) in [7, 11) is -5.15. The molecule has 10 heteroatoms. The van der Waals surface area contributed by atoms with E-state index in [0.717, 1.165) is 15.2 Å². The van der Waals surface area contributed by atoms with E-state index in [-0.39, 0.29) is 17.2 Å². The lowest BCUT2D eigenvalue weighted by atomic mass is 10.1. The number of H-pyrrole nitrogens is 1. The molecule has 1 atom stereocenters. The molecule has 0 amide bonds. The number of thiazole rings is 1. The van der Waals surface area contributed by atoms with Crippen LogP contribution in [0.15, 0.2) is 58.3 Å². The minimum absolute atomic E-state index is 0.124. The van der Waals surface area contributed by atoms with Gasteiger partial charge in [0.25, 0.3) is 10.0 Å². The molecule has 5 rings (SSSR count). The van der Waals surface area contributed by atoms with Gasteiger partial charge in [-0.1, -0.05) is 6.07 Å². The molecule has 31 heavy (non-hydrogen) atoms. The van der Waals surface area contributed by atoms with Gasteiger partial charge in [0.1, 0.15) is 11.8 Å². The maximum atomic E-state index is 13.6. The van der Waals surface area contributed by atoms with E-state index in [4.69, 9.17) is 5.26 Å². The average Bonchev–Trinajstić information content (AvgIpc) is 3.38. The summed E-state index contributed by atoms with van der Waals surface area (Å²) < 4.78 is 41.9. The molecule has 0 aliphatic carbocycles. The van der Waals surface area contributed by atoms with Crippen molar-refractivity contribution < 1.29 is 12.6 Å². The average molecular weight is 469 g/mol. The number of fused-ring (bicyclic) bond motifs is 2. The van der Waals surface area contributed by atoms with Gasteiger partial charge in [0.05, 0.1) is 41.5 Å². The minimum Gasteiger partial charge on any atom is -0.346 e. The van der Waals surface area contributed by atoms with Crippen LogP contribution in [0.2, 0.25) is 0 Å². The molecule has 0 spiro atoms. The van der Waals surface area contributed by atoms with Crippen molar-refractivity contribution in [3.63, 3.8) is 0 Å². The lowest BCUT2D eigenvalue weighted by Gasteiger charge is -2.30. The Morgan fingerprint density at radius 2 is 2.03 bits per heavy atom. The second kappa shape index (κ2) is 7.30. The zero-order valence-corrected chi connectivity index (χ0v) is 18.8. The number of anilines is 1. The zero-order valence-electron chi connectivity index (χ0n) is 16.3. The van der Waals surface area contributed by atoms with E-state index >= 15 is 0 Å². The van der Waals surface area contributed by atoms with E-state index in [9.17, 15) is 12.6 Å². The number of aryl methyl sites for hydroxylation is 1. The molecule has 7 nitrogen and oxygen atoms in total. The van der Waals surface area contributed by atoms with Gasteiger partial charge >= 0.3 is 0 Å². The number of hydrogen-bond donors (Lipinski definition) is 1. The van der Waals surface area contributed by atoms with Crippen molar-refractivity contribution in [2.75, 3.05) is 16.6 Å². The molecule has 2 aromatic heterocycles. The summed E-state index contributed by atoms with van der Waals surface area (Å²) in [5.74, 6) is 0.231. The molecule has 0 bridgehead atoms. The van der Waals surface area contributed by atoms with Crippen molar-refractivity contribution in [3.8, 4) is 17.3 Å². The van der Waals surface area contributed by atoms with Gasteiger partial charge in [0, 0.05) is 23.6 Å². The quantitative estimate of drug-likeness (QED) is 0.492. The van der Waals surface area contributed by atoms with Gasteiger partial charge in [-0.3, -0.25) is 8.51 Å². The Morgan fingerprint density at radius 1 is 1.19 bits per heavy atom. The molecule has 2 aromatic carbocycles. The molecule has 4 aromatic rings. The first-order chi connectivity index (χ1) is 14.9. The molecule has 156 valence electrons. The minimum atomic E-state index is -3.86. The highest BCUT2D eigenvalue weighted by Crippen LogP contribution is 2.37. The largest absolute Gasteiger partial charge is 0.346 e. The van der Waals surface area contributed by atoms with Crippen LogP contribution in [0, 0.1) is 18.3 Å². The van der Waals surface area contributed by atoms with Gasteiger partial charge in [0.2, 0.25) is 0 Å². The van der Waals surface area contributed by atoms with Gasteiger partial charge in [-0.2, -0.15) is 5.26 Å². The molecular weight excluding hydrogens is 452 g/mol. The number of aromatic amines is 1. The Hall–Kier alpha value is -3.00. The molecule has 0 saturated carbocycles. The Morgan fingerprint density at radius 3 is 2.81 bits per heavy atom. The summed E-state index contributed by atoms with van der Waals surface area (Å²) in [5.41, 5.74) is 2.98. The molecule has 1 unspecified atom stereocenters. The molecular formula is C21H16N4O3S3. The third-order valence-electron chi connectivity index (χ3n) is 5.12. The number of nitriles is 1. The molecule has 1 N–H and O–H groups in total. The van der Waals surface area contributed by atoms with Gasteiger partial charge in [-0.05, 0) is 49.4 Å². The van der Waals surface area contributed by atoms with Crippen molar-refractivity contribution in [2.24, 2.45) is 0 Å². The van der Waals surface area contributed by atoms with Crippen LogP contribution in [-0.4, -0.2) is 34.9 Å². The summed E-state index contributed by atoms with van der Waals surface area (Å²) in [4.78, 5) is 8.05. The number of benzene rings is 2. The second-order valence-electron chi connectivity index (χ2n) is 7.07. The lowest BCUT2D eigenvalue weighted by Crippen LogP contribution is -2.38. The first-order valence-electron chi connectivity index (χ1n) is 9.39. The van der Waals surface area contributed by atoms with Crippen LogP contribution in [0.3, 0.4) is 0 Å². The smallest absolute Gasteiger partial charge is 0.264 e. The van der Waals surface area contributed by atoms with Crippen molar-refractivity contribution in [2.45, 2.75) is 16.7 Å². The molecule has 0 saturated heterocycles. The van der Waals surface area contributed by atoms with Crippen LogP contribution >= 0.6 is 11.3 Å². The third kappa shape index (κ3) is 3.35. The van der Waals surface area contributed by atoms with E-state index in [1.165, 1.54) is 15.6 Å². The van der Waals surface area contributed by atoms with E-state index < -0.39 is 20.8 Å². The van der Waals surface area contributed by atoms with E-state index in [2.05, 4.69) is 9.97 Å². The topological polar surface area (TPSA) is 107 Å². The predicted molar refractivity (Wildman–Crippen MR) is 121 cm³/mol. The van der Waals surface area contributed by atoms with Crippen LogP contribution in [-0.2, 0) is 20.8 Å². The van der Waals surface area contributed by atoms with Gasteiger partial charge in [-0.15, -0.1) is 11.3 Å². The molecule has 0 radical (unpaired) electrons. The fourth-order valence-electron chi connectivity index (χ4n) is 3.65. The number of sulfonamides is 1. The zero-order chi connectivity index (χ0) is 21.8. The highest BCUT2D eigenvalue weighted by atomic mass is 32.2. The van der Waals surface area contributed by atoms with Crippen LogP contribution in [0.1, 0.15) is 10.7 Å². The summed E-state index contributed by atoms with van der Waals surface area (Å²) in [6.07, 6.45) is 0. The summed E-state index contributed by atoms with van der Waals surface area (Å²) in [6.45, 7) is 2.01. The first-order valence-corrected chi connectivity index (χ1v) is 13.0. The Bertz CT molecular complexity index is 1510. The highest BCUT2D eigenvalue weighted by Gasteiger charge is 2.32. The van der Waals surface area contributed by atoms with E-state index in [1.807, 2.05) is 13.0 Å². The molecule has 1 aliphatic rings. The van der Waals surface area contributed by atoms with Gasteiger partial charge in [0.15, 0.2) is 0 Å². The fourth-order valence-corrected chi connectivity index (χ4v) is 7.46. The Labute approximate surface area is 185 Å². The fraction of sp³-hybridized carbons (Fsp3) is 0.143. The monoisotopic (exact) mass is 468 g/mol. The number of hydrogen-bond acceptors (Lipinski definition) is 6. The second-order valence-corrected chi connectivity index (χ2v) is 11.7. The number of rotatable bonds is 3. The van der Waals surface area contributed by atoms with Crippen LogP contribution in [0.25, 0.3) is 21.5 Å². The Kier molecular flexibility index (Phi) is 4.69. The maximum Gasteiger partial charge on any atom is 0.264 e. The summed E-state index contributed by atoms with van der Waals surface area (Å²) in [5, 5.41) is 9.93. The number of aromatic nitrogens is 2. The number of nitrogens with one attached hydrogen (secondary N) is 1. The van der Waals surface area contributed by atoms with E-state index in [1.54, 1.807) is 48.5 Å². The third-order valence-corrected chi connectivity index (χ3v) is 9.26. The highest BCUT2D eigenvalue weighted by molar-refractivity contribution is 7.93. The standard InChI is InChI=1S/C21H16N4O3S3/c1-13-23-18-6-4-16(11-20(18)29-13)31(27,28)25-8-9-30(26)21-7-2-14(10-19(21)25)17-5-3-15(12-22)24-17/h2-7,10-11,24H,8-9H2,1H3. The maximum absolute atomic E-state index is 13.6. The van der Waals surface area contributed by atoms with Gasteiger partial charge < -0.3 is 4.98 Å². The first kappa shape index (κ1) is 19.9. The molecule has 1 aliphatic heterocycles. The number of nitrogens with zero attached hydrogens (tertiary/aromatic N) is 3. The molecule has 0 fully saturated rings. The van der Waals surface area contributed by atoms with Crippen molar-refractivity contribution in [1.29, 1.82) is 5.26 Å². The summed E-state index contributed by atoms with van der Waals surface area (Å²) >= 11 is 1.45. The SMILES string of the molecule is Cc1nc2ccc(S(=O)(=O)N3CCS(=O)c4ccc(-c5ccc(C#N)[nH]5)cc43)cc2s1. The van der Waals surface area contributed by atoms with Crippen LogP contribution in [0.5, 0.6) is 0 Å². The summed E-state index contributed by atoms with van der Waals surface area (Å²) in [6, 6.07) is 15.6. The van der Waals surface area contributed by atoms with Crippen molar-refractivity contribution in [1.82, 2.24) is 9.97 Å². The normalized spacial score (nSPS) is 16.3. The Balaban J connectivity index is 1.63. The molecule has 3 heterocycles. The van der Waals surface area contributed by atoms with Crippen LogP contribution in [0.4, 0.5) is 5.69 Å². The predicted octanol–water partition coefficient (Wildman–Crippen LogP) is 3.79. The lowest BCUT2D eigenvalue weighted by molar-refractivity contribution is 0.591. The van der Waals surface area contributed by atoms with Crippen molar-refractivity contribution in [3.05, 3.63) is 59.2 Å². The van der Waals surface area contributed by atoms with Gasteiger partial charge in [-0.25, -0.2) is 13.4 Å². The van der Waals surface area contributed by atoms with E-state index in [0.29, 0.717) is 27.5 Å². The van der Waals surface area contributed by atoms with Crippen LogP contribution < -0.4 is 4.31 Å². The van der Waals surface area contributed by atoms with Crippen molar-refractivity contribution >= 4 is 48.1 Å².